The van der Waals surface area contributed by atoms with E-state index >= 15 is 0 Å². The lowest BCUT2D eigenvalue weighted by Gasteiger charge is -2.34. The van der Waals surface area contributed by atoms with E-state index in [-0.39, 0.29) is 5.91 Å². The maximum atomic E-state index is 12.9. The number of hydrazone groups is 1. The predicted molar refractivity (Wildman–Crippen MR) is 109 cm³/mol. The lowest BCUT2D eigenvalue weighted by molar-refractivity contribution is 0.0627. The van der Waals surface area contributed by atoms with Gasteiger partial charge in [-0.05, 0) is 45.0 Å². The minimum Gasteiger partial charge on any atom is -0.361 e. The summed E-state index contributed by atoms with van der Waals surface area (Å²) < 4.78 is 5.25. The van der Waals surface area contributed by atoms with E-state index in [0.717, 1.165) is 79.7 Å². The molecule has 3 heterocycles. The Bertz CT molecular complexity index is 859. The first-order chi connectivity index (χ1) is 13.5. The van der Waals surface area contributed by atoms with Crippen LogP contribution < -0.4 is 5.01 Å². The normalized spacial score (nSPS) is 17.9. The van der Waals surface area contributed by atoms with Gasteiger partial charge in [0, 0.05) is 62.5 Å². The second-order valence-corrected chi connectivity index (χ2v) is 7.63. The number of benzene rings is 1. The molecule has 1 aromatic carbocycles. The highest BCUT2D eigenvalue weighted by molar-refractivity contribution is 5.94. The number of amides is 1. The molecule has 0 spiro atoms. The molecule has 0 aliphatic carbocycles. The van der Waals surface area contributed by atoms with Crippen molar-refractivity contribution in [1.29, 1.82) is 0 Å². The van der Waals surface area contributed by atoms with Gasteiger partial charge in [-0.25, -0.2) is 0 Å². The largest absolute Gasteiger partial charge is 0.361 e. The number of aryl methyl sites for hydroxylation is 2. The Labute approximate surface area is 165 Å². The Kier molecular flexibility index (Phi) is 5.17. The molecule has 1 aromatic heterocycles. The van der Waals surface area contributed by atoms with Gasteiger partial charge in [0.25, 0.3) is 5.91 Å². The molecule has 1 amide bonds. The number of piperazine rings is 1. The molecule has 7 nitrogen and oxygen atoms in total. The first-order valence-corrected chi connectivity index (χ1v) is 9.86. The summed E-state index contributed by atoms with van der Waals surface area (Å²) >= 11 is 0. The summed E-state index contributed by atoms with van der Waals surface area (Å²) in [6.45, 7) is 10.9. The third kappa shape index (κ3) is 3.80. The molecule has 0 saturated carbocycles. The van der Waals surface area contributed by atoms with E-state index in [1.807, 2.05) is 54.9 Å². The van der Waals surface area contributed by atoms with Crippen molar-refractivity contribution in [3.8, 4) is 0 Å². The van der Waals surface area contributed by atoms with Gasteiger partial charge in [0.2, 0.25) is 0 Å². The summed E-state index contributed by atoms with van der Waals surface area (Å²) in [5.41, 5.74) is 5.04. The Morgan fingerprint density at radius 1 is 1.04 bits per heavy atom. The van der Waals surface area contributed by atoms with Crippen LogP contribution in [0, 0.1) is 13.8 Å². The molecule has 0 radical (unpaired) electrons. The maximum absolute atomic E-state index is 12.9. The van der Waals surface area contributed by atoms with Crippen LogP contribution in [-0.2, 0) is 6.54 Å². The van der Waals surface area contributed by atoms with E-state index < -0.39 is 0 Å². The van der Waals surface area contributed by atoms with E-state index in [9.17, 15) is 4.79 Å². The van der Waals surface area contributed by atoms with Gasteiger partial charge in [-0.3, -0.25) is 14.7 Å². The van der Waals surface area contributed by atoms with Crippen molar-refractivity contribution < 1.29 is 9.32 Å². The summed E-state index contributed by atoms with van der Waals surface area (Å²) in [5.74, 6) is 0.985. The van der Waals surface area contributed by atoms with Gasteiger partial charge in [0.05, 0.1) is 11.4 Å². The van der Waals surface area contributed by atoms with Crippen molar-refractivity contribution in [1.82, 2.24) is 15.0 Å². The van der Waals surface area contributed by atoms with Crippen LogP contribution in [-0.4, -0.2) is 59.3 Å². The second kappa shape index (κ2) is 7.75. The second-order valence-electron chi connectivity index (χ2n) is 7.63. The van der Waals surface area contributed by atoms with Gasteiger partial charge < -0.3 is 9.42 Å². The minimum atomic E-state index is 0.102. The average molecular weight is 381 g/mol. The molecule has 0 bridgehead atoms. The third-order valence-electron chi connectivity index (χ3n) is 5.61. The van der Waals surface area contributed by atoms with Crippen LogP contribution in [0.3, 0.4) is 0 Å². The molecule has 4 rings (SSSR count). The average Bonchev–Trinajstić information content (AvgIpc) is 3.29. The zero-order valence-electron chi connectivity index (χ0n) is 16.8. The maximum Gasteiger partial charge on any atom is 0.253 e. The van der Waals surface area contributed by atoms with Crippen LogP contribution in [0.5, 0.6) is 0 Å². The van der Waals surface area contributed by atoms with E-state index in [1.54, 1.807) is 0 Å². The smallest absolute Gasteiger partial charge is 0.253 e. The Hall–Kier alpha value is -2.67. The number of hydrogen-bond donors (Lipinski definition) is 0. The number of carbonyl (C=O) groups excluding carboxylic acids is 1. The topological polar surface area (TPSA) is 65.2 Å². The van der Waals surface area contributed by atoms with Crippen molar-refractivity contribution in [2.24, 2.45) is 5.10 Å². The lowest BCUT2D eigenvalue weighted by Crippen LogP contribution is -2.48. The molecular weight excluding hydrogens is 354 g/mol. The van der Waals surface area contributed by atoms with E-state index in [2.05, 4.69) is 15.2 Å². The number of anilines is 1. The molecule has 2 aliphatic rings. The van der Waals surface area contributed by atoms with Crippen LogP contribution in [0.25, 0.3) is 0 Å². The molecule has 0 unspecified atom stereocenters. The fourth-order valence-electron chi connectivity index (χ4n) is 3.78. The highest BCUT2D eigenvalue weighted by atomic mass is 16.5. The van der Waals surface area contributed by atoms with Crippen molar-refractivity contribution in [2.75, 3.05) is 37.7 Å². The van der Waals surface area contributed by atoms with Gasteiger partial charge in [0.1, 0.15) is 5.76 Å². The number of carbonyl (C=O) groups is 1. The van der Waals surface area contributed by atoms with Gasteiger partial charge in [-0.1, -0.05) is 5.16 Å². The van der Waals surface area contributed by atoms with E-state index in [0.29, 0.717) is 0 Å². The summed E-state index contributed by atoms with van der Waals surface area (Å²) in [4.78, 5) is 17.2. The monoisotopic (exact) mass is 381 g/mol. The molecule has 2 aromatic rings. The van der Waals surface area contributed by atoms with Crippen LogP contribution in [0.2, 0.25) is 0 Å². The summed E-state index contributed by atoms with van der Waals surface area (Å²) in [5, 5.41) is 10.5. The Balaban J connectivity index is 1.34. The zero-order chi connectivity index (χ0) is 19.7. The molecule has 1 fully saturated rings. The summed E-state index contributed by atoms with van der Waals surface area (Å²) in [6.07, 6.45) is 0.999. The van der Waals surface area contributed by atoms with Crippen LogP contribution in [0.1, 0.15) is 40.7 Å². The standard InChI is InChI=1S/C21H27N5O2/c1-15-8-9-26(22-15)19-6-4-18(5-7-19)21(27)25-12-10-24(11-13-25)14-20-16(2)23-28-17(20)3/h4-7H,8-14H2,1-3H3. The minimum absolute atomic E-state index is 0.102. The van der Waals surface area contributed by atoms with Crippen molar-refractivity contribution in [3.05, 3.63) is 46.8 Å². The zero-order valence-corrected chi connectivity index (χ0v) is 16.8. The molecule has 28 heavy (non-hydrogen) atoms. The Morgan fingerprint density at radius 3 is 2.32 bits per heavy atom. The van der Waals surface area contributed by atoms with Crippen LogP contribution in [0.15, 0.2) is 33.9 Å². The van der Waals surface area contributed by atoms with Gasteiger partial charge in [-0.2, -0.15) is 5.10 Å². The fraction of sp³-hybridized carbons (Fsp3) is 0.476. The van der Waals surface area contributed by atoms with Crippen LogP contribution >= 0.6 is 0 Å². The van der Waals surface area contributed by atoms with Gasteiger partial charge in [0.15, 0.2) is 0 Å². The quantitative estimate of drug-likeness (QED) is 0.815. The first-order valence-electron chi connectivity index (χ1n) is 9.86. The predicted octanol–water partition coefficient (Wildman–Crippen LogP) is 2.84. The first kappa shape index (κ1) is 18.7. The van der Waals surface area contributed by atoms with Gasteiger partial charge in [-0.15, -0.1) is 0 Å². The van der Waals surface area contributed by atoms with E-state index in [4.69, 9.17) is 4.52 Å². The van der Waals surface area contributed by atoms with Crippen LogP contribution in [0.4, 0.5) is 5.69 Å². The number of rotatable bonds is 4. The molecule has 2 aliphatic heterocycles. The van der Waals surface area contributed by atoms with Crippen molar-refractivity contribution >= 4 is 17.3 Å². The summed E-state index contributed by atoms with van der Waals surface area (Å²) in [6, 6.07) is 7.81. The van der Waals surface area contributed by atoms with Gasteiger partial charge >= 0.3 is 0 Å². The highest BCUT2D eigenvalue weighted by Crippen LogP contribution is 2.21. The molecule has 1 saturated heterocycles. The van der Waals surface area contributed by atoms with Crippen molar-refractivity contribution in [2.45, 2.75) is 33.7 Å². The molecule has 7 heteroatoms. The third-order valence-corrected chi connectivity index (χ3v) is 5.61. The fourth-order valence-corrected chi connectivity index (χ4v) is 3.78. The molecule has 148 valence electrons. The lowest BCUT2D eigenvalue weighted by atomic mass is 10.1. The highest BCUT2D eigenvalue weighted by Gasteiger charge is 2.24. The number of nitrogens with zero attached hydrogens (tertiary/aromatic N) is 5. The SMILES string of the molecule is CC1=NN(c2ccc(C(=O)N3CCN(Cc4c(C)noc4C)CC3)cc2)CC1. The molecular formula is C21H27N5O2. The number of aromatic nitrogens is 1. The molecule has 0 atom stereocenters. The number of hydrogen-bond acceptors (Lipinski definition) is 6. The van der Waals surface area contributed by atoms with E-state index in [1.165, 1.54) is 0 Å². The summed E-state index contributed by atoms with van der Waals surface area (Å²) in [7, 11) is 0. The van der Waals surface area contributed by atoms with Crippen molar-refractivity contribution in [3.63, 3.8) is 0 Å². The Morgan fingerprint density at radius 2 is 1.75 bits per heavy atom. The molecule has 0 N–H and O–H groups in total.